The summed E-state index contributed by atoms with van der Waals surface area (Å²) in [5.74, 6) is 1.01. The first-order valence-corrected chi connectivity index (χ1v) is 5.28. The molecule has 0 amide bonds. The van der Waals surface area contributed by atoms with Gasteiger partial charge in [0.05, 0.1) is 11.6 Å². The van der Waals surface area contributed by atoms with Crippen LogP contribution in [0.4, 0.5) is 0 Å². The Labute approximate surface area is 94.0 Å². The summed E-state index contributed by atoms with van der Waals surface area (Å²) >= 11 is 5.69. The fraction of sp³-hybridized carbons (Fsp3) is 0.167. The second kappa shape index (κ2) is 4.41. The van der Waals surface area contributed by atoms with Gasteiger partial charge in [-0.05, 0) is 19.1 Å². The number of hydrogen-bond donors (Lipinski definition) is 0. The zero-order valence-electron chi connectivity index (χ0n) is 8.44. The summed E-state index contributed by atoms with van der Waals surface area (Å²) in [6.07, 6.45) is 1.74. The highest BCUT2D eigenvalue weighted by molar-refractivity contribution is 6.16. The van der Waals surface area contributed by atoms with Crippen molar-refractivity contribution in [3.8, 4) is 11.3 Å². The third-order valence-electron chi connectivity index (χ3n) is 2.14. The van der Waals surface area contributed by atoms with Crippen molar-refractivity contribution in [1.82, 2.24) is 9.97 Å². The number of aromatic nitrogens is 2. The molecule has 0 unspecified atom stereocenters. The first-order valence-electron chi connectivity index (χ1n) is 4.74. The second-order valence-corrected chi connectivity index (χ2v) is 3.63. The number of aryl methyl sites for hydroxylation is 1. The fourth-order valence-corrected chi connectivity index (χ4v) is 1.56. The molecule has 0 fully saturated rings. The molecule has 0 spiro atoms. The lowest BCUT2D eigenvalue weighted by molar-refractivity contribution is 1.03. The molecule has 1 aromatic carbocycles. The molecule has 3 heteroatoms. The van der Waals surface area contributed by atoms with Gasteiger partial charge in [0.1, 0.15) is 5.82 Å². The maximum Gasteiger partial charge on any atom is 0.143 e. The largest absolute Gasteiger partial charge is 0.240 e. The Kier molecular flexibility index (Phi) is 2.97. The van der Waals surface area contributed by atoms with Crippen LogP contribution in [0.1, 0.15) is 11.4 Å². The lowest BCUT2D eigenvalue weighted by atomic mass is 10.1. The zero-order chi connectivity index (χ0) is 10.7. The summed E-state index contributed by atoms with van der Waals surface area (Å²) in [5.41, 5.74) is 3.24. The molecule has 2 nitrogen and oxygen atoms in total. The van der Waals surface area contributed by atoms with Crippen LogP contribution in [-0.4, -0.2) is 9.97 Å². The van der Waals surface area contributed by atoms with Crippen LogP contribution in [0.3, 0.4) is 0 Å². The number of alkyl halides is 1. The number of rotatable bonds is 2. The summed E-state index contributed by atoms with van der Waals surface area (Å²) in [7, 11) is 0. The van der Waals surface area contributed by atoms with Crippen molar-refractivity contribution in [3.05, 3.63) is 47.9 Å². The Balaban J connectivity index is 2.44. The molecule has 0 radical (unpaired) electrons. The van der Waals surface area contributed by atoms with E-state index in [1.165, 1.54) is 5.56 Å². The van der Waals surface area contributed by atoms with Gasteiger partial charge in [0.15, 0.2) is 0 Å². The average Bonchev–Trinajstić information content (AvgIpc) is 2.29. The van der Waals surface area contributed by atoms with Crippen LogP contribution in [0, 0.1) is 6.92 Å². The van der Waals surface area contributed by atoms with E-state index in [1.54, 1.807) is 6.20 Å². The first kappa shape index (κ1) is 10.1. The van der Waals surface area contributed by atoms with E-state index in [0.717, 1.165) is 11.3 Å². The molecule has 0 bridgehead atoms. The molecule has 0 saturated heterocycles. The molecule has 0 atom stereocenters. The van der Waals surface area contributed by atoms with Crippen molar-refractivity contribution in [3.63, 3.8) is 0 Å². The van der Waals surface area contributed by atoms with E-state index in [9.17, 15) is 0 Å². The standard InChI is InChI=1S/C12H11ClN2/c1-9-3-2-4-10(7-9)11-5-6-14-12(8-13)15-11/h2-7H,8H2,1H3. The predicted octanol–water partition coefficient (Wildman–Crippen LogP) is 3.19. The van der Waals surface area contributed by atoms with Gasteiger partial charge in [-0.25, -0.2) is 9.97 Å². The van der Waals surface area contributed by atoms with Gasteiger partial charge in [-0.2, -0.15) is 0 Å². The smallest absolute Gasteiger partial charge is 0.143 e. The number of nitrogens with zero attached hydrogens (tertiary/aromatic N) is 2. The minimum Gasteiger partial charge on any atom is -0.240 e. The monoisotopic (exact) mass is 218 g/mol. The maximum absolute atomic E-state index is 5.69. The Hall–Kier alpha value is -1.41. The van der Waals surface area contributed by atoms with Crippen LogP contribution in [0.5, 0.6) is 0 Å². The normalized spacial score (nSPS) is 10.3. The van der Waals surface area contributed by atoms with Crippen LogP contribution >= 0.6 is 11.6 Å². The Bertz CT molecular complexity index is 469. The molecule has 0 saturated carbocycles. The SMILES string of the molecule is Cc1cccc(-c2ccnc(CCl)n2)c1. The second-order valence-electron chi connectivity index (χ2n) is 3.36. The van der Waals surface area contributed by atoms with E-state index < -0.39 is 0 Å². The van der Waals surface area contributed by atoms with E-state index in [1.807, 2.05) is 18.2 Å². The average molecular weight is 219 g/mol. The summed E-state index contributed by atoms with van der Waals surface area (Å²) < 4.78 is 0. The number of hydrogen-bond acceptors (Lipinski definition) is 2. The van der Waals surface area contributed by atoms with E-state index in [2.05, 4.69) is 29.0 Å². The highest BCUT2D eigenvalue weighted by Crippen LogP contribution is 2.17. The van der Waals surface area contributed by atoms with Crippen LogP contribution in [0.15, 0.2) is 36.5 Å². The van der Waals surface area contributed by atoms with Gasteiger partial charge in [0.2, 0.25) is 0 Å². The molecule has 0 aliphatic carbocycles. The van der Waals surface area contributed by atoms with Crippen molar-refractivity contribution < 1.29 is 0 Å². The van der Waals surface area contributed by atoms with Crippen LogP contribution < -0.4 is 0 Å². The van der Waals surface area contributed by atoms with E-state index in [0.29, 0.717) is 11.7 Å². The Morgan fingerprint density at radius 2 is 2.13 bits per heavy atom. The van der Waals surface area contributed by atoms with Gasteiger partial charge >= 0.3 is 0 Å². The van der Waals surface area contributed by atoms with Gasteiger partial charge < -0.3 is 0 Å². The molecular formula is C12H11ClN2. The third kappa shape index (κ3) is 2.34. The molecule has 76 valence electrons. The van der Waals surface area contributed by atoms with Gasteiger partial charge in [-0.1, -0.05) is 23.8 Å². The first-order chi connectivity index (χ1) is 7.29. The van der Waals surface area contributed by atoms with Crippen molar-refractivity contribution in [2.75, 3.05) is 0 Å². The molecule has 0 N–H and O–H groups in total. The summed E-state index contributed by atoms with van der Waals surface area (Å²) in [5, 5.41) is 0. The van der Waals surface area contributed by atoms with Gasteiger partial charge in [0.25, 0.3) is 0 Å². The molecule has 1 heterocycles. The number of benzene rings is 1. The van der Waals surface area contributed by atoms with Crippen LogP contribution in [-0.2, 0) is 5.88 Å². The molecule has 2 aromatic rings. The van der Waals surface area contributed by atoms with Gasteiger partial charge in [0, 0.05) is 11.8 Å². The Morgan fingerprint density at radius 3 is 2.87 bits per heavy atom. The lowest BCUT2D eigenvalue weighted by Crippen LogP contribution is -1.92. The van der Waals surface area contributed by atoms with Crippen LogP contribution in [0.2, 0.25) is 0 Å². The maximum atomic E-state index is 5.69. The molecule has 0 aliphatic rings. The van der Waals surface area contributed by atoms with Gasteiger partial charge in [-0.15, -0.1) is 11.6 Å². The molecule has 2 rings (SSSR count). The van der Waals surface area contributed by atoms with E-state index in [-0.39, 0.29) is 0 Å². The topological polar surface area (TPSA) is 25.8 Å². The summed E-state index contributed by atoms with van der Waals surface area (Å²) in [6.45, 7) is 2.06. The highest BCUT2D eigenvalue weighted by Gasteiger charge is 2.01. The van der Waals surface area contributed by atoms with Crippen molar-refractivity contribution in [2.24, 2.45) is 0 Å². The van der Waals surface area contributed by atoms with E-state index >= 15 is 0 Å². The molecule has 15 heavy (non-hydrogen) atoms. The molecule has 1 aromatic heterocycles. The van der Waals surface area contributed by atoms with Crippen molar-refractivity contribution >= 4 is 11.6 Å². The summed E-state index contributed by atoms with van der Waals surface area (Å²) in [6, 6.07) is 10.1. The molecular weight excluding hydrogens is 208 g/mol. The van der Waals surface area contributed by atoms with E-state index in [4.69, 9.17) is 11.6 Å². The van der Waals surface area contributed by atoms with Crippen molar-refractivity contribution in [1.29, 1.82) is 0 Å². The quantitative estimate of drug-likeness (QED) is 0.724. The highest BCUT2D eigenvalue weighted by atomic mass is 35.5. The van der Waals surface area contributed by atoms with Crippen molar-refractivity contribution in [2.45, 2.75) is 12.8 Å². The minimum atomic E-state index is 0.347. The number of halogens is 1. The van der Waals surface area contributed by atoms with Gasteiger partial charge in [-0.3, -0.25) is 0 Å². The predicted molar refractivity (Wildman–Crippen MR) is 61.8 cm³/mol. The zero-order valence-corrected chi connectivity index (χ0v) is 9.20. The summed E-state index contributed by atoms with van der Waals surface area (Å²) in [4.78, 5) is 8.42. The third-order valence-corrected chi connectivity index (χ3v) is 2.38. The molecule has 0 aliphatic heterocycles. The minimum absolute atomic E-state index is 0.347. The lowest BCUT2D eigenvalue weighted by Gasteiger charge is -2.02. The van der Waals surface area contributed by atoms with Crippen LogP contribution in [0.25, 0.3) is 11.3 Å². The fourth-order valence-electron chi connectivity index (χ4n) is 1.43. The Morgan fingerprint density at radius 1 is 1.27 bits per heavy atom.